The summed E-state index contributed by atoms with van der Waals surface area (Å²) < 4.78 is 38.5. The van der Waals surface area contributed by atoms with Crippen molar-refractivity contribution in [2.75, 3.05) is 11.9 Å². The highest BCUT2D eigenvalue weighted by Crippen LogP contribution is 2.19. The Labute approximate surface area is 90.4 Å². The van der Waals surface area contributed by atoms with Gasteiger partial charge in [0, 0.05) is 12.5 Å². The molecule has 1 rings (SSSR count). The number of halogens is 3. The Bertz CT molecular complexity index is 409. The van der Waals surface area contributed by atoms with Crippen molar-refractivity contribution in [2.45, 2.75) is 6.92 Å². The van der Waals surface area contributed by atoms with Gasteiger partial charge in [-0.2, -0.15) is 0 Å². The molecular weight excluding hydrogens is 221 g/mol. The third kappa shape index (κ3) is 2.52. The van der Waals surface area contributed by atoms with Crippen LogP contribution in [0.2, 0.25) is 0 Å². The van der Waals surface area contributed by atoms with Crippen LogP contribution in [0.4, 0.5) is 18.9 Å². The predicted molar refractivity (Wildman–Crippen MR) is 53.2 cm³/mol. The Morgan fingerprint density at radius 3 is 2.56 bits per heavy atom. The summed E-state index contributed by atoms with van der Waals surface area (Å²) >= 11 is 0. The zero-order chi connectivity index (χ0) is 12.3. The average Bonchev–Trinajstić information content (AvgIpc) is 2.28. The Morgan fingerprint density at radius 1 is 1.38 bits per heavy atom. The summed E-state index contributed by atoms with van der Waals surface area (Å²) in [5.41, 5.74) is 4.83. The largest absolute Gasteiger partial charge is 0.330 e. The minimum atomic E-state index is -1.61. The first kappa shape index (κ1) is 12.5. The van der Waals surface area contributed by atoms with E-state index in [4.69, 9.17) is 5.73 Å². The maximum Gasteiger partial charge on any atom is 0.228 e. The number of nitrogens with two attached hydrogens (primary N) is 1. The lowest BCUT2D eigenvalue weighted by Crippen LogP contribution is -2.27. The molecule has 1 aromatic rings. The van der Waals surface area contributed by atoms with E-state index in [1.807, 2.05) is 0 Å². The van der Waals surface area contributed by atoms with Crippen LogP contribution in [0.1, 0.15) is 6.92 Å². The topological polar surface area (TPSA) is 55.1 Å². The first-order valence-electron chi connectivity index (χ1n) is 4.61. The molecule has 88 valence electrons. The SMILES string of the molecule is CC(CN)C(=O)Nc1ccc(F)c(F)c1F. The second-order valence-corrected chi connectivity index (χ2v) is 3.35. The van der Waals surface area contributed by atoms with Gasteiger partial charge in [0.25, 0.3) is 0 Å². The van der Waals surface area contributed by atoms with Gasteiger partial charge >= 0.3 is 0 Å². The molecule has 16 heavy (non-hydrogen) atoms. The number of carbonyl (C=O) groups excluding carboxylic acids is 1. The van der Waals surface area contributed by atoms with Crippen molar-refractivity contribution in [1.82, 2.24) is 0 Å². The van der Waals surface area contributed by atoms with Crippen LogP contribution < -0.4 is 11.1 Å². The molecule has 1 amide bonds. The normalized spacial score (nSPS) is 12.3. The van der Waals surface area contributed by atoms with Gasteiger partial charge in [-0.3, -0.25) is 4.79 Å². The number of hydrogen-bond acceptors (Lipinski definition) is 2. The van der Waals surface area contributed by atoms with E-state index in [1.54, 1.807) is 0 Å². The lowest BCUT2D eigenvalue weighted by atomic mass is 10.1. The van der Waals surface area contributed by atoms with E-state index in [-0.39, 0.29) is 6.54 Å². The Kier molecular flexibility index (Phi) is 3.89. The van der Waals surface area contributed by atoms with E-state index < -0.39 is 35.0 Å². The first-order chi connectivity index (χ1) is 7.47. The van der Waals surface area contributed by atoms with Crippen LogP contribution in [0, 0.1) is 23.4 Å². The highest BCUT2D eigenvalue weighted by Gasteiger charge is 2.17. The molecule has 1 atom stereocenters. The van der Waals surface area contributed by atoms with Gasteiger partial charge in [-0.05, 0) is 12.1 Å². The summed E-state index contributed by atoms with van der Waals surface area (Å²) in [6.45, 7) is 1.62. The number of amides is 1. The highest BCUT2D eigenvalue weighted by atomic mass is 19.2. The summed E-state index contributed by atoms with van der Waals surface area (Å²) in [7, 11) is 0. The summed E-state index contributed by atoms with van der Waals surface area (Å²) in [6, 6.07) is 1.69. The smallest absolute Gasteiger partial charge is 0.228 e. The summed E-state index contributed by atoms with van der Waals surface area (Å²) in [5, 5.41) is 2.13. The molecule has 0 heterocycles. The molecule has 0 saturated carbocycles. The third-order valence-electron chi connectivity index (χ3n) is 2.09. The summed E-state index contributed by atoms with van der Waals surface area (Å²) in [4.78, 5) is 11.3. The maximum atomic E-state index is 13.1. The van der Waals surface area contributed by atoms with E-state index in [9.17, 15) is 18.0 Å². The molecular formula is C10H11F3N2O. The minimum Gasteiger partial charge on any atom is -0.330 e. The number of carbonyl (C=O) groups is 1. The van der Waals surface area contributed by atoms with Crippen molar-refractivity contribution < 1.29 is 18.0 Å². The second-order valence-electron chi connectivity index (χ2n) is 3.35. The van der Waals surface area contributed by atoms with Crippen LogP contribution in [0.3, 0.4) is 0 Å². The molecule has 3 N–H and O–H groups in total. The molecule has 1 unspecified atom stereocenters. The van der Waals surface area contributed by atoms with E-state index in [0.29, 0.717) is 0 Å². The van der Waals surface area contributed by atoms with Crippen molar-refractivity contribution >= 4 is 11.6 Å². The van der Waals surface area contributed by atoms with Crippen LogP contribution >= 0.6 is 0 Å². The van der Waals surface area contributed by atoms with E-state index in [1.165, 1.54) is 6.92 Å². The van der Waals surface area contributed by atoms with Crippen LogP contribution in [0.25, 0.3) is 0 Å². The fourth-order valence-corrected chi connectivity index (χ4v) is 0.985. The van der Waals surface area contributed by atoms with Crippen molar-refractivity contribution in [3.8, 4) is 0 Å². The fraction of sp³-hybridized carbons (Fsp3) is 0.300. The number of benzene rings is 1. The van der Waals surface area contributed by atoms with Crippen LogP contribution in [-0.2, 0) is 4.79 Å². The third-order valence-corrected chi connectivity index (χ3v) is 2.09. The van der Waals surface area contributed by atoms with Gasteiger partial charge in [-0.15, -0.1) is 0 Å². The van der Waals surface area contributed by atoms with E-state index in [0.717, 1.165) is 12.1 Å². The van der Waals surface area contributed by atoms with Crippen molar-refractivity contribution in [3.05, 3.63) is 29.6 Å². The molecule has 0 spiro atoms. The van der Waals surface area contributed by atoms with Crippen molar-refractivity contribution in [2.24, 2.45) is 11.7 Å². The molecule has 0 radical (unpaired) electrons. The van der Waals surface area contributed by atoms with Crippen molar-refractivity contribution in [1.29, 1.82) is 0 Å². The van der Waals surface area contributed by atoms with Gasteiger partial charge in [0.05, 0.1) is 5.69 Å². The zero-order valence-electron chi connectivity index (χ0n) is 8.56. The van der Waals surface area contributed by atoms with Gasteiger partial charge in [0.2, 0.25) is 5.91 Å². The standard InChI is InChI=1S/C10H11F3N2O/c1-5(4-14)10(16)15-7-3-2-6(11)8(12)9(7)13/h2-3,5H,4,14H2,1H3,(H,15,16). The molecule has 0 aliphatic rings. The summed E-state index contributed by atoms with van der Waals surface area (Å²) in [6.07, 6.45) is 0. The highest BCUT2D eigenvalue weighted by molar-refractivity contribution is 5.92. The molecule has 6 heteroatoms. The Hall–Kier alpha value is -1.56. The summed E-state index contributed by atoms with van der Waals surface area (Å²) in [5.74, 6) is -5.42. The molecule has 0 aliphatic heterocycles. The number of hydrogen-bond donors (Lipinski definition) is 2. The molecule has 0 saturated heterocycles. The van der Waals surface area contributed by atoms with Crippen LogP contribution in [0.5, 0.6) is 0 Å². The monoisotopic (exact) mass is 232 g/mol. The molecule has 0 fully saturated rings. The fourth-order valence-electron chi connectivity index (χ4n) is 0.985. The molecule has 0 aliphatic carbocycles. The maximum absolute atomic E-state index is 13.1. The molecule has 1 aromatic carbocycles. The Balaban J connectivity index is 2.91. The molecule has 3 nitrogen and oxygen atoms in total. The quantitative estimate of drug-likeness (QED) is 0.778. The van der Waals surface area contributed by atoms with Crippen LogP contribution in [-0.4, -0.2) is 12.5 Å². The number of anilines is 1. The van der Waals surface area contributed by atoms with E-state index in [2.05, 4.69) is 5.32 Å². The van der Waals surface area contributed by atoms with Gasteiger partial charge < -0.3 is 11.1 Å². The number of nitrogens with one attached hydrogen (secondary N) is 1. The van der Waals surface area contributed by atoms with Crippen molar-refractivity contribution in [3.63, 3.8) is 0 Å². The number of rotatable bonds is 3. The minimum absolute atomic E-state index is 0.0805. The van der Waals surface area contributed by atoms with Crippen LogP contribution in [0.15, 0.2) is 12.1 Å². The zero-order valence-corrected chi connectivity index (χ0v) is 8.56. The first-order valence-corrected chi connectivity index (χ1v) is 4.61. The van der Waals surface area contributed by atoms with Gasteiger partial charge in [-0.1, -0.05) is 6.92 Å². The average molecular weight is 232 g/mol. The van der Waals surface area contributed by atoms with Gasteiger partial charge in [-0.25, -0.2) is 13.2 Å². The Morgan fingerprint density at radius 2 is 2.00 bits per heavy atom. The van der Waals surface area contributed by atoms with Gasteiger partial charge in [0.15, 0.2) is 17.5 Å². The molecule has 0 bridgehead atoms. The second kappa shape index (κ2) is 4.98. The molecule has 0 aromatic heterocycles. The lowest BCUT2D eigenvalue weighted by molar-refractivity contribution is -0.119. The predicted octanol–water partition coefficient (Wildman–Crippen LogP) is 1.64. The van der Waals surface area contributed by atoms with Gasteiger partial charge in [0.1, 0.15) is 0 Å². The van der Waals surface area contributed by atoms with E-state index >= 15 is 0 Å². The lowest BCUT2D eigenvalue weighted by Gasteiger charge is -2.10.